The van der Waals surface area contributed by atoms with E-state index in [1.807, 2.05) is 5.38 Å². The molecule has 0 aliphatic heterocycles. The van der Waals surface area contributed by atoms with Gasteiger partial charge in [0.15, 0.2) is 0 Å². The maximum Gasteiger partial charge on any atom is 0.0949 e. The van der Waals surface area contributed by atoms with Crippen LogP contribution < -0.4 is 5.73 Å². The lowest BCUT2D eigenvalue weighted by Crippen LogP contribution is -1.74. The van der Waals surface area contributed by atoms with Gasteiger partial charge in [0, 0.05) is 11.1 Å². The molecule has 38 valence electrons. The minimum atomic E-state index is 0.745. The monoisotopic (exact) mass is 133 g/mol. The van der Waals surface area contributed by atoms with E-state index in [1.165, 1.54) is 11.3 Å². The van der Waals surface area contributed by atoms with Crippen molar-refractivity contribution >= 4 is 28.6 Å². The zero-order valence-electron chi connectivity index (χ0n) is 3.52. The van der Waals surface area contributed by atoms with Crippen molar-refractivity contribution in [3.8, 4) is 0 Å². The molecule has 0 unspecified atom stereocenters. The van der Waals surface area contributed by atoms with Gasteiger partial charge >= 0.3 is 0 Å². The third kappa shape index (κ3) is 1.08. The van der Waals surface area contributed by atoms with E-state index in [2.05, 4.69) is 0 Å². The summed E-state index contributed by atoms with van der Waals surface area (Å²) in [5, 5.41) is 1.81. The Morgan fingerprint density at radius 3 is 2.57 bits per heavy atom. The Labute approximate surface area is 50.7 Å². The SMILES string of the molecule is Nc1csc(Cl)c1. The second-order valence-corrected chi connectivity index (χ2v) is 2.73. The first-order valence-electron chi connectivity index (χ1n) is 1.78. The number of halogens is 1. The summed E-state index contributed by atoms with van der Waals surface area (Å²) in [6.45, 7) is 0. The predicted molar refractivity (Wildman–Crippen MR) is 33.7 cm³/mol. The number of thiophene rings is 1. The predicted octanol–water partition coefficient (Wildman–Crippen LogP) is 1.98. The van der Waals surface area contributed by atoms with Crippen molar-refractivity contribution in [3.05, 3.63) is 15.8 Å². The van der Waals surface area contributed by atoms with Crippen LogP contribution in [0.1, 0.15) is 0 Å². The molecule has 1 rings (SSSR count). The van der Waals surface area contributed by atoms with E-state index in [-0.39, 0.29) is 0 Å². The van der Waals surface area contributed by atoms with Gasteiger partial charge in [-0.3, -0.25) is 0 Å². The highest BCUT2D eigenvalue weighted by atomic mass is 35.5. The van der Waals surface area contributed by atoms with Crippen LogP contribution in [0, 0.1) is 0 Å². The molecular formula is C4H4ClNS. The molecule has 2 N–H and O–H groups in total. The van der Waals surface area contributed by atoms with Crippen molar-refractivity contribution in [2.75, 3.05) is 5.73 Å². The van der Waals surface area contributed by atoms with Gasteiger partial charge in [0.1, 0.15) is 0 Å². The van der Waals surface area contributed by atoms with Crippen LogP contribution in [0.4, 0.5) is 5.69 Å². The van der Waals surface area contributed by atoms with Crippen molar-refractivity contribution in [2.24, 2.45) is 0 Å². The van der Waals surface area contributed by atoms with E-state index in [4.69, 9.17) is 17.3 Å². The Morgan fingerprint density at radius 1 is 1.71 bits per heavy atom. The Kier molecular flexibility index (Phi) is 1.21. The smallest absolute Gasteiger partial charge is 0.0949 e. The molecule has 0 saturated carbocycles. The average molecular weight is 134 g/mol. The number of nitrogens with two attached hydrogens (primary N) is 1. The first-order chi connectivity index (χ1) is 3.29. The molecule has 0 radical (unpaired) electrons. The fraction of sp³-hybridized carbons (Fsp3) is 0. The largest absolute Gasteiger partial charge is 0.398 e. The van der Waals surface area contributed by atoms with Gasteiger partial charge < -0.3 is 5.73 Å². The second-order valence-electron chi connectivity index (χ2n) is 1.18. The van der Waals surface area contributed by atoms with Crippen molar-refractivity contribution in [1.29, 1.82) is 0 Å². The number of anilines is 1. The van der Waals surface area contributed by atoms with Crippen LogP contribution >= 0.6 is 22.9 Å². The van der Waals surface area contributed by atoms with Crippen molar-refractivity contribution in [3.63, 3.8) is 0 Å². The van der Waals surface area contributed by atoms with E-state index >= 15 is 0 Å². The standard InChI is InChI=1S/C4H4ClNS/c5-4-1-3(6)2-7-4/h1-2H,6H2. The molecule has 0 amide bonds. The lowest BCUT2D eigenvalue weighted by Gasteiger charge is -1.70. The Bertz CT molecular complexity index is 144. The van der Waals surface area contributed by atoms with Gasteiger partial charge in [0.2, 0.25) is 0 Å². The van der Waals surface area contributed by atoms with E-state index in [9.17, 15) is 0 Å². The molecule has 0 aromatic carbocycles. The molecule has 0 aliphatic rings. The van der Waals surface area contributed by atoms with Crippen molar-refractivity contribution < 1.29 is 0 Å². The van der Waals surface area contributed by atoms with Crippen molar-refractivity contribution in [1.82, 2.24) is 0 Å². The second kappa shape index (κ2) is 1.72. The number of nitrogen functional groups attached to an aromatic ring is 1. The number of hydrogen-bond acceptors (Lipinski definition) is 2. The molecule has 0 saturated heterocycles. The minimum Gasteiger partial charge on any atom is -0.398 e. The van der Waals surface area contributed by atoms with Gasteiger partial charge in [-0.15, -0.1) is 11.3 Å². The molecule has 7 heavy (non-hydrogen) atoms. The normalized spacial score (nSPS) is 9.29. The van der Waals surface area contributed by atoms with Gasteiger partial charge in [-0.25, -0.2) is 0 Å². The summed E-state index contributed by atoms with van der Waals surface area (Å²) in [6, 6.07) is 1.73. The fourth-order valence-corrected chi connectivity index (χ4v) is 1.10. The van der Waals surface area contributed by atoms with Crippen LogP contribution in [0.3, 0.4) is 0 Å². The zero-order valence-corrected chi connectivity index (χ0v) is 5.09. The third-order valence-corrected chi connectivity index (χ3v) is 1.70. The molecule has 1 aromatic rings. The van der Waals surface area contributed by atoms with Crippen LogP contribution in [0.5, 0.6) is 0 Å². The molecule has 0 bridgehead atoms. The van der Waals surface area contributed by atoms with Gasteiger partial charge in [0.05, 0.1) is 4.34 Å². The summed E-state index contributed by atoms with van der Waals surface area (Å²) in [4.78, 5) is 0. The van der Waals surface area contributed by atoms with Crippen LogP contribution in [-0.2, 0) is 0 Å². The van der Waals surface area contributed by atoms with E-state index in [1.54, 1.807) is 6.07 Å². The lowest BCUT2D eigenvalue weighted by atomic mass is 10.6. The molecule has 0 atom stereocenters. The molecule has 1 nitrogen and oxygen atoms in total. The van der Waals surface area contributed by atoms with E-state index in [0.29, 0.717) is 0 Å². The van der Waals surface area contributed by atoms with Gasteiger partial charge in [-0.2, -0.15) is 0 Å². The fourth-order valence-electron chi connectivity index (χ4n) is 0.323. The number of rotatable bonds is 0. The molecule has 3 heteroatoms. The highest BCUT2D eigenvalue weighted by Crippen LogP contribution is 2.20. The minimum absolute atomic E-state index is 0.745. The van der Waals surface area contributed by atoms with Crippen LogP contribution in [-0.4, -0.2) is 0 Å². The quantitative estimate of drug-likeness (QED) is 0.576. The topological polar surface area (TPSA) is 26.0 Å². The molecule has 0 fully saturated rings. The first-order valence-corrected chi connectivity index (χ1v) is 3.04. The van der Waals surface area contributed by atoms with Crippen LogP contribution in [0.15, 0.2) is 11.4 Å². The average Bonchev–Trinajstić information content (AvgIpc) is 1.87. The van der Waals surface area contributed by atoms with Crippen LogP contribution in [0.2, 0.25) is 4.34 Å². The Balaban J connectivity index is 3.04. The van der Waals surface area contributed by atoms with E-state index < -0.39 is 0 Å². The molecule has 0 spiro atoms. The highest BCUT2D eigenvalue weighted by molar-refractivity contribution is 7.14. The number of hydrogen-bond donors (Lipinski definition) is 1. The summed E-state index contributed by atoms with van der Waals surface area (Å²) in [6.07, 6.45) is 0. The van der Waals surface area contributed by atoms with Gasteiger partial charge in [0.25, 0.3) is 0 Å². The van der Waals surface area contributed by atoms with Crippen LogP contribution in [0.25, 0.3) is 0 Å². The van der Waals surface area contributed by atoms with Gasteiger partial charge in [-0.05, 0) is 6.07 Å². The third-order valence-electron chi connectivity index (χ3n) is 0.588. The Hall–Kier alpha value is -0.210. The van der Waals surface area contributed by atoms with Crippen molar-refractivity contribution in [2.45, 2.75) is 0 Å². The maximum absolute atomic E-state index is 5.50. The molecule has 0 aliphatic carbocycles. The molecule has 1 heterocycles. The van der Waals surface area contributed by atoms with Gasteiger partial charge in [-0.1, -0.05) is 11.6 Å². The molecular weight excluding hydrogens is 130 g/mol. The maximum atomic E-state index is 5.50. The molecule has 1 aromatic heterocycles. The lowest BCUT2D eigenvalue weighted by molar-refractivity contribution is 1.88. The zero-order chi connectivity index (χ0) is 5.28. The Morgan fingerprint density at radius 2 is 2.43 bits per heavy atom. The summed E-state index contributed by atoms with van der Waals surface area (Å²) in [5.41, 5.74) is 6.05. The summed E-state index contributed by atoms with van der Waals surface area (Å²) >= 11 is 6.94. The summed E-state index contributed by atoms with van der Waals surface area (Å²) < 4.78 is 0.748. The summed E-state index contributed by atoms with van der Waals surface area (Å²) in [7, 11) is 0. The highest BCUT2D eigenvalue weighted by Gasteiger charge is 1.87. The van der Waals surface area contributed by atoms with E-state index in [0.717, 1.165) is 10.0 Å². The first kappa shape index (κ1) is 4.94. The summed E-state index contributed by atoms with van der Waals surface area (Å²) in [5.74, 6) is 0.